The number of hydrogen-bond acceptors (Lipinski definition) is 2. The number of nitrogens with two attached hydrogens (primary N) is 1. The zero-order valence-electron chi connectivity index (χ0n) is 11.7. The molecule has 1 aliphatic rings. The summed E-state index contributed by atoms with van der Waals surface area (Å²) in [5.74, 6) is 0.0839. The Morgan fingerprint density at radius 3 is 2.53 bits per heavy atom. The summed E-state index contributed by atoms with van der Waals surface area (Å²) in [7, 11) is 0. The molecule has 0 radical (unpaired) electrons. The fraction of sp³-hybridized carbons (Fsp3) is 0.471. The Morgan fingerprint density at radius 2 is 1.79 bits per heavy atom. The van der Waals surface area contributed by atoms with E-state index in [1.165, 1.54) is 19.3 Å². The molecule has 2 nitrogen and oxygen atoms in total. The summed E-state index contributed by atoms with van der Waals surface area (Å²) in [6.45, 7) is 1.82. The van der Waals surface area contributed by atoms with E-state index in [0.717, 1.165) is 30.4 Å². The number of carbonyl (C=O) groups is 1. The van der Waals surface area contributed by atoms with Gasteiger partial charge in [-0.15, -0.1) is 0 Å². The summed E-state index contributed by atoms with van der Waals surface area (Å²) in [4.78, 5) is 12.7. The van der Waals surface area contributed by atoms with E-state index >= 15 is 0 Å². The molecule has 19 heavy (non-hydrogen) atoms. The van der Waals surface area contributed by atoms with E-state index in [9.17, 15) is 4.79 Å². The van der Waals surface area contributed by atoms with Crippen LogP contribution < -0.4 is 5.73 Å². The Morgan fingerprint density at radius 1 is 1.11 bits per heavy atom. The van der Waals surface area contributed by atoms with Gasteiger partial charge in [0.15, 0.2) is 5.78 Å². The molecular formula is C17H23NO. The lowest BCUT2D eigenvalue weighted by molar-refractivity contribution is -0.120. The highest BCUT2D eigenvalue weighted by Crippen LogP contribution is 2.26. The van der Waals surface area contributed by atoms with E-state index in [0.29, 0.717) is 0 Å². The van der Waals surface area contributed by atoms with Gasteiger partial charge in [-0.25, -0.2) is 0 Å². The molecule has 0 aromatic heterocycles. The molecule has 1 aromatic rings. The number of allylic oxidation sites excluding steroid dienone is 1. The lowest BCUT2D eigenvalue weighted by Crippen LogP contribution is -2.42. The molecule has 0 fully saturated rings. The monoisotopic (exact) mass is 257 g/mol. The number of rotatable bonds is 3. The van der Waals surface area contributed by atoms with Crippen molar-refractivity contribution in [2.45, 2.75) is 51.0 Å². The van der Waals surface area contributed by atoms with Crippen LogP contribution in [0, 0.1) is 0 Å². The molecule has 102 valence electrons. The molecule has 1 atom stereocenters. The molecule has 0 amide bonds. The van der Waals surface area contributed by atoms with E-state index in [1.807, 2.05) is 37.3 Å². The van der Waals surface area contributed by atoms with Gasteiger partial charge in [-0.1, -0.05) is 49.2 Å². The van der Waals surface area contributed by atoms with Gasteiger partial charge in [0, 0.05) is 0 Å². The van der Waals surface area contributed by atoms with Gasteiger partial charge in [-0.2, -0.15) is 0 Å². The number of hydrogen-bond donors (Lipinski definition) is 1. The molecule has 0 spiro atoms. The second kappa shape index (κ2) is 6.16. The first kappa shape index (κ1) is 14.0. The Balaban J connectivity index is 2.22. The number of ketones is 1. The van der Waals surface area contributed by atoms with Crippen LogP contribution in [0.5, 0.6) is 0 Å². The smallest absolute Gasteiger partial charge is 0.182 e. The topological polar surface area (TPSA) is 43.1 Å². The van der Waals surface area contributed by atoms with E-state index in [-0.39, 0.29) is 5.78 Å². The van der Waals surface area contributed by atoms with E-state index in [1.54, 1.807) is 0 Å². The molecule has 0 aliphatic heterocycles. The zero-order valence-corrected chi connectivity index (χ0v) is 11.7. The van der Waals surface area contributed by atoms with Crippen molar-refractivity contribution >= 4 is 5.78 Å². The van der Waals surface area contributed by atoms with Gasteiger partial charge in [0.05, 0.1) is 0 Å². The first-order valence-electron chi connectivity index (χ1n) is 7.20. The van der Waals surface area contributed by atoms with Gasteiger partial charge in [0.1, 0.15) is 5.54 Å². The van der Waals surface area contributed by atoms with Gasteiger partial charge < -0.3 is 5.73 Å². The quantitative estimate of drug-likeness (QED) is 0.897. The molecule has 0 heterocycles. The van der Waals surface area contributed by atoms with Gasteiger partial charge in [0.25, 0.3) is 0 Å². The van der Waals surface area contributed by atoms with Crippen molar-refractivity contribution in [1.82, 2.24) is 0 Å². The lowest BCUT2D eigenvalue weighted by Gasteiger charge is -2.25. The molecule has 2 heteroatoms. The summed E-state index contributed by atoms with van der Waals surface area (Å²) < 4.78 is 0. The molecule has 0 saturated heterocycles. The average Bonchev–Trinajstić information content (AvgIpc) is 2.39. The van der Waals surface area contributed by atoms with Crippen molar-refractivity contribution in [3.8, 4) is 0 Å². The maximum Gasteiger partial charge on any atom is 0.182 e. The molecule has 2 rings (SSSR count). The molecule has 0 saturated carbocycles. The van der Waals surface area contributed by atoms with Crippen LogP contribution >= 0.6 is 0 Å². The van der Waals surface area contributed by atoms with Gasteiger partial charge in [-0.05, 0) is 43.7 Å². The van der Waals surface area contributed by atoms with Crippen LogP contribution in [-0.2, 0) is 10.3 Å². The molecule has 1 aliphatic carbocycles. The lowest BCUT2D eigenvalue weighted by atomic mass is 9.82. The molecule has 1 unspecified atom stereocenters. The Kier molecular flexibility index (Phi) is 4.54. The minimum absolute atomic E-state index is 0.0839. The number of Topliss-reactive ketones (excluding diaryl/α,β-unsaturated/α-hetero) is 1. The van der Waals surface area contributed by atoms with Gasteiger partial charge >= 0.3 is 0 Å². The highest BCUT2D eigenvalue weighted by atomic mass is 16.1. The van der Waals surface area contributed by atoms with Crippen LogP contribution in [-0.4, -0.2) is 5.78 Å². The van der Waals surface area contributed by atoms with Crippen molar-refractivity contribution in [2.24, 2.45) is 5.73 Å². The van der Waals surface area contributed by atoms with Crippen molar-refractivity contribution in [3.63, 3.8) is 0 Å². The summed E-state index contributed by atoms with van der Waals surface area (Å²) in [5.41, 5.74) is 7.22. The molecule has 0 bridgehead atoms. The van der Waals surface area contributed by atoms with Gasteiger partial charge in [0.2, 0.25) is 0 Å². The van der Waals surface area contributed by atoms with Crippen molar-refractivity contribution in [3.05, 3.63) is 47.5 Å². The standard InChI is InChI=1S/C17H23NO/c1-17(18,15-12-8-5-9-13-15)16(19)14-10-6-3-2-4-7-11-14/h5,8-10,12-13H,2-4,6-7,11,18H2,1H3/b14-10+. The fourth-order valence-corrected chi connectivity index (χ4v) is 2.65. The van der Waals surface area contributed by atoms with E-state index in [2.05, 4.69) is 6.08 Å². The summed E-state index contributed by atoms with van der Waals surface area (Å²) in [5, 5.41) is 0. The second-order valence-corrected chi connectivity index (χ2v) is 5.58. The molecule has 2 N–H and O–H groups in total. The summed E-state index contributed by atoms with van der Waals surface area (Å²) >= 11 is 0. The van der Waals surface area contributed by atoms with Crippen LogP contribution in [0.2, 0.25) is 0 Å². The van der Waals surface area contributed by atoms with Crippen molar-refractivity contribution in [2.75, 3.05) is 0 Å². The van der Waals surface area contributed by atoms with Crippen molar-refractivity contribution in [1.29, 1.82) is 0 Å². The SMILES string of the molecule is CC(N)(C(=O)/C1=C/CCCCCC1)c1ccccc1. The fourth-order valence-electron chi connectivity index (χ4n) is 2.65. The normalized spacial score (nSPS) is 22.5. The predicted octanol–water partition coefficient (Wildman–Crippen LogP) is 3.71. The minimum Gasteiger partial charge on any atom is -0.315 e. The number of benzene rings is 1. The van der Waals surface area contributed by atoms with Crippen LogP contribution in [0.3, 0.4) is 0 Å². The maximum absolute atomic E-state index is 12.7. The van der Waals surface area contributed by atoms with Gasteiger partial charge in [-0.3, -0.25) is 4.79 Å². The third-order valence-corrected chi connectivity index (χ3v) is 3.93. The Labute approximate surface area is 115 Å². The largest absolute Gasteiger partial charge is 0.315 e. The highest BCUT2D eigenvalue weighted by molar-refractivity contribution is 6.02. The molecule has 1 aromatic carbocycles. The Bertz CT molecular complexity index is 459. The third kappa shape index (κ3) is 3.32. The van der Waals surface area contributed by atoms with Crippen LogP contribution in [0.4, 0.5) is 0 Å². The Hall–Kier alpha value is -1.41. The number of carbonyl (C=O) groups excluding carboxylic acids is 1. The summed E-state index contributed by atoms with van der Waals surface area (Å²) in [6, 6.07) is 9.67. The minimum atomic E-state index is -0.910. The average molecular weight is 257 g/mol. The van der Waals surface area contributed by atoms with E-state index in [4.69, 9.17) is 5.73 Å². The van der Waals surface area contributed by atoms with Crippen LogP contribution in [0.25, 0.3) is 0 Å². The van der Waals surface area contributed by atoms with Crippen molar-refractivity contribution < 1.29 is 4.79 Å². The molecular weight excluding hydrogens is 234 g/mol. The highest BCUT2D eigenvalue weighted by Gasteiger charge is 2.32. The first-order valence-corrected chi connectivity index (χ1v) is 7.20. The summed E-state index contributed by atoms with van der Waals surface area (Å²) in [6.07, 6.45) is 8.76. The van der Waals surface area contributed by atoms with Crippen LogP contribution in [0.15, 0.2) is 42.0 Å². The predicted molar refractivity (Wildman–Crippen MR) is 78.8 cm³/mol. The third-order valence-electron chi connectivity index (χ3n) is 3.93. The van der Waals surface area contributed by atoms with E-state index < -0.39 is 5.54 Å². The maximum atomic E-state index is 12.7. The second-order valence-electron chi connectivity index (χ2n) is 5.58. The van der Waals surface area contributed by atoms with Crippen LogP contribution in [0.1, 0.15) is 51.0 Å². The zero-order chi connectivity index (χ0) is 13.7. The first-order chi connectivity index (χ1) is 9.12.